The molecule has 1 saturated heterocycles. The average Bonchev–Trinajstić information content (AvgIpc) is 2.73. The van der Waals surface area contributed by atoms with Gasteiger partial charge < -0.3 is 16.4 Å². The van der Waals surface area contributed by atoms with E-state index in [1.807, 2.05) is 25.1 Å². The minimum atomic E-state index is -0.462. The van der Waals surface area contributed by atoms with Gasteiger partial charge in [-0.1, -0.05) is 17.7 Å². The number of anilines is 1. The molecular weight excluding hydrogens is 250 g/mol. The van der Waals surface area contributed by atoms with Crippen molar-refractivity contribution in [3.05, 3.63) is 28.8 Å². The van der Waals surface area contributed by atoms with Gasteiger partial charge in [0.25, 0.3) is 0 Å². The molecule has 0 aliphatic carbocycles. The van der Waals surface area contributed by atoms with E-state index in [0.717, 1.165) is 24.2 Å². The van der Waals surface area contributed by atoms with Crippen LogP contribution in [-0.4, -0.2) is 19.0 Å². The minimum Gasteiger partial charge on any atom is -0.369 e. The Morgan fingerprint density at radius 3 is 2.78 bits per heavy atom. The molecule has 1 unspecified atom stereocenters. The fraction of sp³-hybridized carbons (Fsp3) is 0.462. The number of amides is 1. The minimum absolute atomic E-state index is 0.250. The van der Waals surface area contributed by atoms with Crippen molar-refractivity contribution in [3.63, 3.8) is 0 Å². The summed E-state index contributed by atoms with van der Waals surface area (Å²) in [5.41, 5.74) is 12.5. The van der Waals surface area contributed by atoms with Crippen molar-refractivity contribution < 1.29 is 4.79 Å². The van der Waals surface area contributed by atoms with Crippen molar-refractivity contribution in [1.29, 1.82) is 0 Å². The van der Waals surface area contributed by atoms with Crippen LogP contribution in [0.3, 0.4) is 0 Å². The van der Waals surface area contributed by atoms with E-state index in [1.54, 1.807) is 0 Å². The number of hydrogen-bond acceptors (Lipinski definition) is 3. The van der Waals surface area contributed by atoms with Crippen LogP contribution in [-0.2, 0) is 11.3 Å². The maximum absolute atomic E-state index is 11.4. The molecule has 1 atom stereocenters. The fourth-order valence-corrected chi connectivity index (χ4v) is 2.62. The molecule has 0 radical (unpaired) electrons. The van der Waals surface area contributed by atoms with E-state index in [1.165, 1.54) is 0 Å². The summed E-state index contributed by atoms with van der Waals surface area (Å²) in [6, 6.07) is 5.79. The van der Waals surface area contributed by atoms with Crippen molar-refractivity contribution in [3.8, 4) is 0 Å². The molecule has 0 bridgehead atoms. The number of benzene rings is 1. The first-order valence-electron chi connectivity index (χ1n) is 5.99. The smallest absolute Gasteiger partial charge is 0.225 e. The van der Waals surface area contributed by atoms with Crippen LogP contribution in [0.25, 0.3) is 0 Å². The zero-order valence-corrected chi connectivity index (χ0v) is 11.2. The van der Waals surface area contributed by atoms with E-state index in [2.05, 4.69) is 4.90 Å². The number of primary amides is 1. The lowest BCUT2D eigenvalue weighted by Crippen LogP contribution is -2.37. The van der Waals surface area contributed by atoms with E-state index in [9.17, 15) is 4.79 Å². The van der Waals surface area contributed by atoms with Gasteiger partial charge in [-0.2, -0.15) is 0 Å². The number of carbonyl (C=O) groups is 1. The molecule has 2 rings (SSSR count). The quantitative estimate of drug-likeness (QED) is 0.872. The van der Waals surface area contributed by atoms with Gasteiger partial charge in [-0.25, -0.2) is 0 Å². The Kier molecular flexibility index (Phi) is 3.50. The van der Waals surface area contributed by atoms with E-state index in [4.69, 9.17) is 23.1 Å². The molecule has 0 spiro atoms. The highest BCUT2D eigenvalue weighted by Gasteiger charge is 2.39. The third-order valence-electron chi connectivity index (χ3n) is 3.66. The lowest BCUT2D eigenvalue weighted by Gasteiger charge is -2.23. The number of carbonyl (C=O) groups excluding carboxylic acids is 1. The average molecular weight is 268 g/mol. The van der Waals surface area contributed by atoms with E-state index >= 15 is 0 Å². The third-order valence-corrected chi connectivity index (χ3v) is 3.96. The summed E-state index contributed by atoms with van der Waals surface area (Å²) in [4.78, 5) is 13.5. The van der Waals surface area contributed by atoms with E-state index in [-0.39, 0.29) is 5.91 Å². The summed E-state index contributed by atoms with van der Waals surface area (Å²) >= 11 is 6.25. The van der Waals surface area contributed by atoms with Crippen LogP contribution < -0.4 is 16.4 Å². The van der Waals surface area contributed by atoms with Gasteiger partial charge in [0, 0.05) is 19.6 Å². The predicted molar refractivity (Wildman–Crippen MR) is 73.5 cm³/mol. The standard InChI is InChI=1S/C13H18ClN3O/c1-13(12(16)18)4-5-17(8-13)11-3-2-9(7-15)6-10(11)14/h2-3,6H,4-5,7-8,15H2,1H3,(H2,16,18). The third kappa shape index (κ3) is 2.31. The van der Waals surface area contributed by atoms with Gasteiger partial charge in [0.05, 0.1) is 16.1 Å². The van der Waals surface area contributed by atoms with Crippen LogP contribution in [0.1, 0.15) is 18.9 Å². The molecule has 4 nitrogen and oxygen atoms in total. The van der Waals surface area contributed by atoms with Crippen molar-refractivity contribution in [2.75, 3.05) is 18.0 Å². The second-order valence-electron chi connectivity index (χ2n) is 5.09. The first kappa shape index (κ1) is 13.2. The largest absolute Gasteiger partial charge is 0.369 e. The molecule has 1 heterocycles. The Hall–Kier alpha value is -1.26. The van der Waals surface area contributed by atoms with Crippen molar-refractivity contribution in [2.45, 2.75) is 19.9 Å². The number of nitrogens with two attached hydrogens (primary N) is 2. The number of nitrogens with zero attached hydrogens (tertiary/aromatic N) is 1. The van der Waals surface area contributed by atoms with E-state index < -0.39 is 5.41 Å². The lowest BCUT2D eigenvalue weighted by atomic mass is 9.89. The molecule has 4 N–H and O–H groups in total. The highest BCUT2D eigenvalue weighted by molar-refractivity contribution is 6.33. The lowest BCUT2D eigenvalue weighted by molar-refractivity contribution is -0.125. The first-order valence-corrected chi connectivity index (χ1v) is 6.37. The molecular formula is C13H18ClN3O. The summed E-state index contributed by atoms with van der Waals surface area (Å²) in [5, 5.41) is 0.673. The van der Waals surface area contributed by atoms with Gasteiger partial charge in [0.2, 0.25) is 5.91 Å². The van der Waals surface area contributed by atoms with Crippen LogP contribution >= 0.6 is 11.6 Å². The van der Waals surface area contributed by atoms with Crippen LogP contribution in [0.15, 0.2) is 18.2 Å². The summed E-state index contributed by atoms with van der Waals surface area (Å²) in [6.45, 7) is 3.78. The monoisotopic (exact) mass is 267 g/mol. The first-order chi connectivity index (χ1) is 8.46. The van der Waals surface area contributed by atoms with Gasteiger partial charge in [-0.3, -0.25) is 4.79 Å². The normalized spacial score (nSPS) is 23.4. The Morgan fingerprint density at radius 1 is 1.56 bits per heavy atom. The summed E-state index contributed by atoms with van der Waals surface area (Å²) in [5.74, 6) is -0.250. The molecule has 1 fully saturated rings. The highest BCUT2D eigenvalue weighted by Crippen LogP contribution is 2.36. The van der Waals surface area contributed by atoms with Crippen LogP contribution in [0, 0.1) is 5.41 Å². The molecule has 5 heteroatoms. The molecule has 1 aromatic rings. The number of rotatable bonds is 3. The Labute approximate surface area is 112 Å². The Balaban J connectivity index is 2.22. The molecule has 1 aromatic carbocycles. The van der Waals surface area contributed by atoms with E-state index in [0.29, 0.717) is 18.1 Å². The second kappa shape index (κ2) is 4.78. The summed E-state index contributed by atoms with van der Waals surface area (Å²) < 4.78 is 0. The van der Waals surface area contributed by atoms with Crippen LogP contribution in [0.2, 0.25) is 5.02 Å². The van der Waals surface area contributed by atoms with Crippen molar-refractivity contribution in [1.82, 2.24) is 0 Å². The van der Waals surface area contributed by atoms with Gasteiger partial charge in [-0.15, -0.1) is 0 Å². The number of hydrogen-bond donors (Lipinski definition) is 2. The molecule has 98 valence electrons. The molecule has 1 amide bonds. The zero-order chi connectivity index (χ0) is 13.3. The van der Waals surface area contributed by atoms with Gasteiger partial charge in [0.1, 0.15) is 0 Å². The maximum Gasteiger partial charge on any atom is 0.225 e. The molecule has 18 heavy (non-hydrogen) atoms. The second-order valence-corrected chi connectivity index (χ2v) is 5.49. The topological polar surface area (TPSA) is 72.4 Å². The Bertz CT molecular complexity index is 477. The Morgan fingerprint density at radius 2 is 2.28 bits per heavy atom. The molecule has 0 saturated carbocycles. The predicted octanol–water partition coefficient (Wildman–Crippen LogP) is 1.50. The zero-order valence-electron chi connectivity index (χ0n) is 10.4. The van der Waals surface area contributed by atoms with Crippen molar-refractivity contribution >= 4 is 23.2 Å². The molecule has 0 aromatic heterocycles. The van der Waals surface area contributed by atoms with Crippen molar-refractivity contribution in [2.24, 2.45) is 16.9 Å². The SMILES string of the molecule is CC1(C(N)=O)CCN(c2ccc(CN)cc2Cl)C1. The summed E-state index contributed by atoms with van der Waals surface area (Å²) in [6.07, 6.45) is 0.761. The van der Waals surface area contributed by atoms with Crippen LogP contribution in [0.4, 0.5) is 5.69 Å². The summed E-state index contributed by atoms with van der Waals surface area (Å²) in [7, 11) is 0. The number of halogens is 1. The fourth-order valence-electron chi connectivity index (χ4n) is 2.30. The molecule has 1 aliphatic heterocycles. The van der Waals surface area contributed by atoms with Gasteiger partial charge in [0.15, 0.2) is 0 Å². The maximum atomic E-state index is 11.4. The van der Waals surface area contributed by atoms with Crippen LogP contribution in [0.5, 0.6) is 0 Å². The van der Waals surface area contributed by atoms with Gasteiger partial charge in [-0.05, 0) is 31.0 Å². The molecule has 1 aliphatic rings. The van der Waals surface area contributed by atoms with Gasteiger partial charge >= 0.3 is 0 Å². The highest BCUT2D eigenvalue weighted by atomic mass is 35.5.